The molecule has 0 N–H and O–H groups in total. The molecule has 0 saturated heterocycles. The van der Waals surface area contributed by atoms with Crippen LogP contribution < -0.4 is 0 Å². The number of rotatable bonds is 1. The molecule has 0 amide bonds. The van der Waals surface area contributed by atoms with Crippen molar-refractivity contribution in [1.29, 1.82) is 5.26 Å². The highest BCUT2D eigenvalue weighted by Gasteiger charge is 2.47. The van der Waals surface area contributed by atoms with Crippen LogP contribution in [0.5, 0.6) is 0 Å². The van der Waals surface area contributed by atoms with Gasteiger partial charge in [0.1, 0.15) is 16.7 Å². The minimum atomic E-state index is -2.87. The fraction of sp³-hybridized carbons (Fsp3) is 0.375. The van der Waals surface area contributed by atoms with Crippen molar-refractivity contribution < 1.29 is 13.2 Å². The summed E-state index contributed by atoms with van der Waals surface area (Å²) in [6.07, 6.45) is -0.0730. The van der Waals surface area contributed by atoms with Crippen molar-refractivity contribution in [3.05, 3.63) is 22.8 Å². The highest BCUT2D eigenvalue weighted by Crippen LogP contribution is 2.48. The summed E-state index contributed by atoms with van der Waals surface area (Å²) in [4.78, 5) is 0. The van der Waals surface area contributed by atoms with Gasteiger partial charge in [0.05, 0.1) is 12.0 Å². The van der Waals surface area contributed by atoms with Gasteiger partial charge in [0.2, 0.25) is 5.13 Å². The second-order valence-corrected chi connectivity index (χ2v) is 3.66. The van der Waals surface area contributed by atoms with E-state index in [1.54, 1.807) is 6.07 Å². The predicted octanol–water partition coefficient (Wildman–Crippen LogP) is 3.71. The Kier molecular flexibility index (Phi) is 3.13. The van der Waals surface area contributed by atoms with Gasteiger partial charge in [-0.3, -0.25) is 0 Å². The van der Waals surface area contributed by atoms with Crippen molar-refractivity contribution in [3.63, 3.8) is 0 Å². The van der Waals surface area contributed by atoms with Crippen LogP contribution in [-0.4, -0.2) is 5.13 Å². The van der Waals surface area contributed by atoms with E-state index in [4.69, 9.17) is 28.5 Å². The Hall–Kier alpha value is -0.660. The van der Waals surface area contributed by atoms with Crippen LogP contribution in [-0.2, 0) is 0 Å². The van der Waals surface area contributed by atoms with E-state index in [9.17, 15) is 13.2 Å². The lowest BCUT2D eigenvalue weighted by molar-refractivity contribution is 0.222. The number of nitriles is 1. The minimum absolute atomic E-state index is 0.435. The standard InChI is InChI=1S/C8H4Cl2F3N/c9-7-6(12)3-5(11)4(1-2-14)8(7,10)13/h3-4H,1H2. The maximum absolute atomic E-state index is 13.5. The molecule has 1 nitrogen and oxygen atoms in total. The van der Waals surface area contributed by atoms with Gasteiger partial charge in [-0.15, -0.1) is 0 Å². The quantitative estimate of drug-likeness (QED) is 0.643. The third kappa shape index (κ3) is 1.75. The first-order valence-corrected chi connectivity index (χ1v) is 4.34. The molecule has 2 atom stereocenters. The molecule has 0 aromatic rings. The maximum Gasteiger partial charge on any atom is 0.231 e. The molecule has 1 aliphatic carbocycles. The largest absolute Gasteiger partial charge is 0.231 e. The summed E-state index contributed by atoms with van der Waals surface area (Å²) in [5, 5.41) is 4.51. The molecule has 0 saturated carbocycles. The number of halogens is 5. The van der Waals surface area contributed by atoms with Gasteiger partial charge >= 0.3 is 0 Å². The highest BCUT2D eigenvalue weighted by molar-refractivity contribution is 6.39. The molecular weight excluding hydrogens is 238 g/mol. The molecule has 2 unspecified atom stereocenters. The second-order valence-electron chi connectivity index (χ2n) is 2.73. The first kappa shape index (κ1) is 11.4. The Balaban J connectivity index is 3.15. The third-order valence-electron chi connectivity index (χ3n) is 1.83. The number of hydrogen-bond acceptors (Lipinski definition) is 1. The van der Waals surface area contributed by atoms with E-state index < -0.39 is 34.2 Å². The zero-order chi connectivity index (χ0) is 10.9. The van der Waals surface area contributed by atoms with Crippen LogP contribution in [0.4, 0.5) is 13.2 Å². The number of hydrogen-bond donors (Lipinski definition) is 0. The van der Waals surface area contributed by atoms with Gasteiger partial charge in [-0.1, -0.05) is 23.2 Å². The molecule has 6 heteroatoms. The molecule has 0 fully saturated rings. The normalized spacial score (nSPS) is 32.6. The van der Waals surface area contributed by atoms with Gasteiger partial charge in [-0.25, -0.2) is 13.2 Å². The van der Waals surface area contributed by atoms with Crippen molar-refractivity contribution in [2.24, 2.45) is 5.92 Å². The fourth-order valence-corrected chi connectivity index (χ4v) is 1.55. The van der Waals surface area contributed by atoms with Crippen molar-refractivity contribution in [1.82, 2.24) is 0 Å². The lowest BCUT2D eigenvalue weighted by atomic mass is 9.93. The summed E-state index contributed by atoms with van der Waals surface area (Å²) >= 11 is 10.5. The van der Waals surface area contributed by atoms with Crippen molar-refractivity contribution in [2.75, 3.05) is 0 Å². The van der Waals surface area contributed by atoms with E-state index in [1.807, 2.05) is 0 Å². The Morgan fingerprint density at radius 1 is 1.57 bits per heavy atom. The van der Waals surface area contributed by atoms with E-state index >= 15 is 0 Å². The number of alkyl halides is 2. The molecule has 1 aliphatic rings. The monoisotopic (exact) mass is 241 g/mol. The zero-order valence-corrected chi connectivity index (χ0v) is 8.21. The predicted molar refractivity (Wildman–Crippen MR) is 46.6 cm³/mol. The van der Waals surface area contributed by atoms with Crippen LogP contribution in [0.25, 0.3) is 0 Å². The first-order chi connectivity index (χ1) is 6.41. The molecule has 1 rings (SSSR count). The van der Waals surface area contributed by atoms with Crippen molar-refractivity contribution in [3.8, 4) is 6.07 Å². The van der Waals surface area contributed by atoms with Gasteiger partial charge in [-0.05, 0) is 0 Å². The molecule has 14 heavy (non-hydrogen) atoms. The lowest BCUT2D eigenvalue weighted by Gasteiger charge is -2.27. The van der Waals surface area contributed by atoms with Crippen LogP contribution in [0.1, 0.15) is 6.42 Å². The fourth-order valence-electron chi connectivity index (χ4n) is 1.09. The molecular formula is C8H4Cl2F3N. The van der Waals surface area contributed by atoms with Crippen LogP contribution in [0.15, 0.2) is 22.8 Å². The second kappa shape index (κ2) is 3.84. The molecule has 76 valence electrons. The highest BCUT2D eigenvalue weighted by atomic mass is 35.5. The summed E-state index contributed by atoms with van der Waals surface area (Å²) < 4.78 is 39.3. The van der Waals surface area contributed by atoms with Crippen LogP contribution in [0.3, 0.4) is 0 Å². The number of nitrogens with zero attached hydrogens (tertiary/aromatic N) is 1. The molecule has 0 heterocycles. The van der Waals surface area contributed by atoms with E-state index in [1.165, 1.54) is 0 Å². The average molecular weight is 242 g/mol. The van der Waals surface area contributed by atoms with Gasteiger partial charge in [-0.2, -0.15) is 5.26 Å². The number of allylic oxidation sites excluding steroid dienone is 4. The van der Waals surface area contributed by atoms with Gasteiger partial charge < -0.3 is 0 Å². The third-order valence-corrected chi connectivity index (χ3v) is 2.84. The minimum Gasteiger partial charge on any atom is -0.219 e. The Morgan fingerprint density at radius 2 is 2.14 bits per heavy atom. The Bertz CT molecular complexity index is 354. The van der Waals surface area contributed by atoms with Crippen LogP contribution in [0.2, 0.25) is 0 Å². The molecule has 0 aromatic carbocycles. The molecule has 0 radical (unpaired) electrons. The lowest BCUT2D eigenvalue weighted by Crippen LogP contribution is -2.30. The van der Waals surface area contributed by atoms with Gasteiger partial charge in [0.25, 0.3) is 0 Å². The summed E-state index contributed by atoms with van der Waals surface area (Å²) in [7, 11) is 0. The summed E-state index contributed by atoms with van der Waals surface area (Å²) in [5.74, 6) is -3.93. The zero-order valence-electron chi connectivity index (χ0n) is 6.70. The maximum atomic E-state index is 13.5. The van der Waals surface area contributed by atoms with E-state index in [0.717, 1.165) is 0 Å². The molecule has 0 aromatic heterocycles. The Morgan fingerprint density at radius 3 is 2.64 bits per heavy atom. The van der Waals surface area contributed by atoms with Gasteiger partial charge in [0, 0.05) is 12.5 Å². The van der Waals surface area contributed by atoms with Crippen molar-refractivity contribution >= 4 is 23.2 Å². The van der Waals surface area contributed by atoms with Gasteiger partial charge in [0.15, 0.2) is 0 Å². The van der Waals surface area contributed by atoms with E-state index in [0.29, 0.717) is 6.08 Å². The van der Waals surface area contributed by atoms with E-state index in [-0.39, 0.29) is 0 Å². The molecule has 0 bridgehead atoms. The first-order valence-electron chi connectivity index (χ1n) is 3.59. The topological polar surface area (TPSA) is 23.8 Å². The Labute approximate surface area is 88.4 Å². The average Bonchev–Trinajstić information content (AvgIpc) is 2.10. The van der Waals surface area contributed by atoms with Crippen LogP contribution >= 0.6 is 23.2 Å². The summed E-state index contributed by atoms with van der Waals surface area (Å²) in [6.45, 7) is 0. The molecule has 0 spiro atoms. The SMILES string of the molecule is N#CCC1C(F)=CC(F)=C(Cl)C1(F)Cl. The summed E-state index contributed by atoms with van der Waals surface area (Å²) in [5.41, 5.74) is 0. The van der Waals surface area contributed by atoms with E-state index in [2.05, 4.69) is 0 Å². The molecule has 0 aliphatic heterocycles. The summed E-state index contributed by atoms with van der Waals surface area (Å²) in [6, 6.07) is 1.55. The smallest absolute Gasteiger partial charge is 0.219 e. The van der Waals surface area contributed by atoms with Crippen LogP contribution in [0, 0.1) is 17.2 Å². The van der Waals surface area contributed by atoms with Crippen molar-refractivity contribution in [2.45, 2.75) is 11.5 Å².